The number of hydrogen-bond acceptors (Lipinski definition) is 5. The highest BCUT2D eigenvalue weighted by Gasteiger charge is 2.25. The molecule has 0 unspecified atom stereocenters. The Morgan fingerprint density at radius 2 is 1.84 bits per heavy atom. The van der Waals surface area contributed by atoms with Crippen LogP contribution in [0.5, 0.6) is 11.5 Å². The summed E-state index contributed by atoms with van der Waals surface area (Å²) in [5.74, 6) is 0.812. The minimum absolute atomic E-state index is 0.157. The van der Waals surface area contributed by atoms with Crippen LogP contribution in [0.3, 0.4) is 0 Å². The molecule has 2 aromatic rings. The van der Waals surface area contributed by atoms with Crippen molar-refractivity contribution in [1.82, 2.24) is 0 Å². The van der Waals surface area contributed by atoms with Crippen LogP contribution < -0.4 is 9.47 Å². The topological polar surface area (TPSA) is 57.1 Å². The molecule has 0 amide bonds. The van der Waals surface area contributed by atoms with Crippen LogP contribution in [-0.2, 0) is 9.53 Å². The minimum atomic E-state index is -0.557. The average Bonchev–Trinajstić information content (AvgIpc) is 2.98. The highest BCUT2D eigenvalue weighted by atomic mass is 35.5. The van der Waals surface area contributed by atoms with E-state index in [9.17, 15) is 4.79 Å². The van der Waals surface area contributed by atoms with Gasteiger partial charge in [0.25, 0.3) is 0 Å². The molecular weight excluding hydrogens is 365 g/mol. The van der Waals surface area contributed by atoms with Gasteiger partial charge in [-0.05, 0) is 36.4 Å². The van der Waals surface area contributed by atoms with Gasteiger partial charge >= 0.3 is 5.97 Å². The van der Waals surface area contributed by atoms with Crippen molar-refractivity contribution in [3.8, 4) is 11.5 Å². The number of aliphatic imine (C=N–C) groups is 1. The van der Waals surface area contributed by atoms with Crippen molar-refractivity contribution in [3.63, 3.8) is 0 Å². The summed E-state index contributed by atoms with van der Waals surface area (Å²) in [5, 5.41) is 0.765. The van der Waals surface area contributed by atoms with E-state index in [4.69, 9.17) is 37.4 Å². The molecule has 1 aliphatic heterocycles. The van der Waals surface area contributed by atoms with Gasteiger partial charge in [-0.1, -0.05) is 23.2 Å². The smallest absolute Gasteiger partial charge is 0.363 e. The Bertz CT molecular complexity index is 906. The van der Waals surface area contributed by atoms with Crippen LogP contribution >= 0.6 is 23.2 Å². The zero-order valence-corrected chi connectivity index (χ0v) is 14.9. The number of carbonyl (C=O) groups is 1. The number of nitrogens with zero attached hydrogens (tertiary/aromatic N) is 1. The number of esters is 1. The standard InChI is InChI=1S/C18H13Cl2NO4/c1-23-12-5-3-10(16(9-12)24-2)8-15-18(22)25-17(21-15)11-4-6-13(19)14(20)7-11/h3-9H,1-2H3. The molecular formula is C18H13Cl2NO4. The van der Waals surface area contributed by atoms with Gasteiger partial charge in [0.2, 0.25) is 5.90 Å². The van der Waals surface area contributed by atoms with Crippen molar-refractivity contribution in [2.75, 3.05) is 14.2 Å². The molecule has 0 aliphatic carbocycles. The molecule has 25 heavy (non-hydrogen) atoms. The third kappa shape index (κ3) is 3.62. The van der Waals surface area contributed by atoms with E-state index >= 15 is 0 Å². The zero-order valence-electron chi connectivity index (χ0n) is 13.4. The Kier molecular flexibility index (Phi) is 4.97. The van der Waals surface area contributed by atoms with Crippen LogP contribution in [-0.4, -0.2) is 26.1 Å². The van der Waals surface area contributed by atoms with Gasteiger partial charge in [0.1, 0.15) is 11.5 Å². The first kappa shape index (κ1) is 17.3. The highest BCUT2D eigenvalue weighted by molar-refractivity contribution is 6.42. The fourth-order valence-corrected chi connectivity index (χ4v) is 2.54. The van der Waals surface area contributed by atoms with Gasteiger partial charge in [-0.15, -0.1) is 0 Å². The molecule has 0 saturated carbocycles. The number of methoxy groups -OCH3 is 2. The van der Waals surface area contributed by atoms with Crippen molar-refractivity contribution in [1.29, 1.82) is 0 Å². The highest BCUT2D eigenvalue weighted by Crippen LogP contribution is 2.29. The Morgan fingerprint density at radius 1 is 1.04 bits per heavy atom. The fraction of sp³-hybridized carbons (Fsp3) is 0.111. The minimum Gasteiger partial charge on any atom is -0.497 e. The van der Waals surface area contributed by atoms with Gasteiger partial charge in [-0.2, -0.15) is 0 Å². The van der Waals surface area contributed by atoms with Gasteiger partial charge in [-0.3, -0.25) is 0 Å². The van der Waals surface area contributed by atoms with E-state index in [1.54, 1.807) is 49.6 Å². The molecule has 0 spiro atoms. The van der Waals surface area contributed by atoms with E-state index in [0.717, 1.165) is 0 Å². The van der Waals surface area contributed by atoms with Crippen LogP contribution in [0.4, 0.5) is 0 Å². The molecule has 1 heterocycles. The van der Waals surface area contributed by atoms with Gasteiger partial charge in [0.15, 0.2) is 5.70 Å². The zero-order chi connectivity index (χ0) is 18.0. The third-order valence-corrected chi connectivity index (χ3v) is 4.26. The first-order valence-electron chi connectivity index (χ1n) is 7.22. The summed E-state index contributed by atoms with van der Waals surface area (Å²) in [5.41, 5.74) is 1.40. The van der Waals surface area contributed by atoms with Gasteiger partial charge < -0.3 is 14.2 Å². The van der Waals surface area contributed by atoms with Crippen LogP contribution in [0, 0.1) is 0 Å². The van der Waals surface area contributed by atoms with E-state index in [1.807, 2.05) is 0 Å². The largest absolute Gasteiger partial charge is 0.497 e. The summed E-state index contributed by atoms with van der Waals surface area (Å²) in [6, 6.07) is 10.1. The van der Waals surface area contributed by atoms with Crippen LogP contribution in [0.1, 0.15) is 11.1 Å². The van der Waals surface area contributed by atoms with Gasteiger partial charge in [-0.25, -0.2) is 9.79 Å². The van der Waals surface area contributed by atoms with Gasteiger partial charge in [0, 0.05) is 17.2 Å². The molecule has 0 atom stereocenters. The van der Waals surface area contributed by atoms with Crippen molar-refractivity contribution in [2.45, 2.75) is 0 Å². The third-order valence-electron chi connectivity index (χ3n) is 3.52. The molecule has 0 fully saturated rings. The predicted octanol–water partition coefficient (Wildman–Crippen LogP) is 4.36. The maximum absolute atomic E-state index is 12.1. The molecule has 0 N–H and O–H groups in total. The summed E-state index contributed by atoms with van der Waals surface area (Å²) in [7, 11) is 3.10. The fourth-order valence-electron chi connectivity index (χ4n) is 2.25. The van der Waals surface area contributed by atoms with Crippen LogP contribution in [0.25, 0.3) is 6.08 Å². The van der Waals surface area contributed by atoms with E-state index in [0.29, 0.717) is 32.7 Å². The second kappa shape index (κ2) is 7.17. The first-order valence-corrected chi connectivity index (χ1v) is 7.97. The molecule has 1 aliphatic rings. The summed E-state index contributed by atoms with van der Waals surface area (Å²) in [4.78, 5) is 16.3. The molecule has 0 bridgehead atoms. The second-order valence-electron chi connectivity index (χ2n) is 5.07. The Morgan fingerprint density at radius 3 is 2.52 bits per heavy atom. The van der Waals surface area contributed by atoms with Crippen molar-refractivity contribution >= 4 is 41.1 Å². The SMILES string of the molecule is COc1ccc(C=C2N=C(c3ccc(Cl)c(Cl)c3)OC2=O)c(OC)c1. The number of carbonyl (C=O) groups excluding carboxylic acids is 1. The lowest BCUT2D eigenvalue weighted by Gasteiger charge is -2.07. The predicted molar refractivity (Wildman–Crippen MR) is 96.6 cm³/mol. The molecule has 0 aromatic heterocycles. The monoisotopic (exact) mass is 377 g/mol. The maximum Gasteiger partial charge on any atom is 0.363 e. The van der Waals surface area contributed by atoms with Gasteiger partial charge in [0.05, 0.1) is 24.3 Å². The van der Waals surface area contributed by atoms with Crippen LogP contribution in [0.2, 0.25) is 10.0 Å². The molecule has 7 heteroatoms. The number of rotatable bonds is 4. The van der Waals surface area contributed by atoms with Crippen molar-refractivity contribution < 1.29 is 19.0 Å². The molecule has 0 radical (unpaired) electrons. The second-order valence-corrected chi connectivity index (χ2v) is 5.89. The van der Waals surface area contributed by atoms with Crippen molar-refractivity contribution in [2.24, 2.45) is 4.99 Å². The number of cyclic esters (lactones) is 1. The summed E-state index contributed by atoms with van der Waals surface area (Å²) < 4.78 is 15.7. The lowest BCUT2D eigenvalue weighted by Crippen LogP contribution is -2.05. The van der Waals surface area contributed by atoms with Crippen molar-refractivity contribution in [3.05, 3.63) is 63.3 Å². The molecule has 5 nitrogen and oxygen atoms in total. The number of halogens is 2. The lowest BCUT2D eigenvalue weighted by atomic mass is 10.1. The Hall–Kier alpha value is -2.50. The van der Waals surface area contributed by atoms with E-state index < -0.39 is 5.97 Å². The normalized spacial score (nSPS) is 15.1. The summed E-state index contributed by atoms with van der Waals surface area (Å²) >= 11 is 11.9. The quantitative estimate of drug-likeness (QED) is 0.586. The number of hydrogen-bond donors (Lipinski definition) is 0. The number of ether oxygens (including phenoxy) is 3. The molecule has 3 rings (SSSR count). The summed E-state index contributed by atoms with van der Waals surface area (Å²) in [6.45, 7) is 0. The lowest BCUT2D eigenvalue weighted by molar-refractivity contribution is -0.129. The summed E-state index contributed by atoms with van der Waals surface area (Å²) in [6.07, 6.45) is 1.59. The van der Waals surface area contributed by atoms with E-state index in [1.165, 1.54) is 7.11 Å². The molecule has 0 saturated heterocycles. The molecule has 2 aromatic carbocycles. The maximum atomic E-state index is 12.1. The first-order chi connectivity index (χ1) is 12.0. The van der Waals surface area contributed by atoms with E-state index in [2.05, 4.69) is 4.99 Å². The number of benzene rings is 2. The van der Waals surface area contributed by atoms with E-state index in [-0.39, 0.29) is 11.6 Å². The molecule has 128 valence electrons. The Labute approximate surface area is 154 Å². The Balaban J connectivity index is 1.97. The average molecular weight is 378 g/mol. The van der Waals surface area contributed by atoms with Crippen LogP contribution in [0.15, 0.2) is 47.1 Å².